The number of aromatic nitrogens is 3. The summed E-state index contributed by atoms with van der Waals surface area (Å²) in [5.74, 6) is -12.1. The van der Waals surface area contributed by atoms with Crippen molar-refractivity contribution in [3.63, 3.8) is 0 Å². The number of aromatic amines is 1. The van der Waals surface area contributed by atoms with E-state index in [0.717, 1.165) is 22.3 Å². The normalized spacial score (nSPS) is 19.2. The number of rotatable bonds is 10. The Hall–Kier alpha value is -4.63. The monoisotopic (exact) mass is 696 g/mol. The second kappa shape index (κ2) is 14.9. The molecule has 5 aromatic rings. The van der Waals surface area contributed by atoms with E-state index in [9.17, 15) is 31.9 Å². The number of thioether (sulfide) groups is 1. The number of ether oxygens (including phenoxy) is 2. The van der Waals surface area contributed by atoms with Gasteiger partial charge < -0.3 is 19.9 Å². The fourth-order valence-corrected chi connectivity index (χ4v) is 6.52. The van der Waals surface area contributed by atoms with Gasteiger partial charge in [-0.3, -0.25) is 9.89 Å². The molecule has 254 valence electrons. The summed E-state index contributed by atoms with van der Waals surface area (Å²) in [5, 5.41) is 19.2. The van der Waals surface area contributed by atoms with Gasteiger partial charge in [0.05, 0.1) is 18.8 Å². The fraction of sp³-hybridized carbons (Fsp3) is 0.229. The van der Waals surface area contributed by atoms with Crippen LogP contribution in [0.1, 0.15) is 51.9 Å². The fourth-order valence-electron chi connectivity index (χ4n) is 5.58. The lowest BCUT2D eigenvalue weighted by molar-refractivity contribution is -0.268. The molecule has 0 aliphatic carbocycles. The summed E-state index contributed by atoms with van der Waals surface area (Å²) >= 11 is 1.48. The second-order valence-corrected chi connectivity index (χ2v) is 12.3. The molecule has 4 aromatic carbocycles. The van der Waals surface area contributed by atoms with Crippen molar-refractivity contribution in [3.05, 3.63) is 136 Å². The molecule has 0 spiro atoms. The molecular formula is C35H29F5N4O4S. The standard InChI is InChI=1S/C35H29F5N4O4S/c1-18-25(16-49-35-42-17-43-44-35)47-34(48-32(18)21-8-6-19(15-45)7-9-21)22-12-10-20(11-13-22)24-5-3-2-4-23(24)14-41-33(46)26-27(36)29(38)31(40)30(39)28(26)37/h2-13,17-18,25,32,34,45H,14-16H2,1H3,(H,41,46)(H,42,43,44)/t18-,25+,32+,34+/m1/s1. The lowest BCUT2D eigenvalue weighted by atomic mass is 9.91. The van der Waals surface area contributed by atoms with Gasteiger partial charge >= 0.3 is 0 Å². The molecule has 1 aliphatic rings. The minimum Gasteiger partial charge on any atom is -0.392 e. The molecule has 6 rings (SSSR count). The van der Waals surface area contributed by atoms with Crippen molar-refractivity contribution in [2.45, 2.75) is 43.7 Å². The maximum Gasteiger partial charge on any atom is 0.257 e. The van der Waals surface area contributed by atoms with E-state index in [1.54, 1.807) is 24.3 Å². The topological polar surface area (TPSA) is 109 Å². The highest BCUT2D eigenvalue weighted by Crippen LogP contribution is 2.43. The molecule has 49 heavy (non-hydrogen) atoms. The number of H-pyrrole nitrogens is 1. The number of carbonyl (C=O) groups excluding carboxylic acids is 1. The first-order valence-electron chi connectivity index (χ1n) is 15.1. The molecule has 1 aliphatic heterocycles. The van der Waals surface area contributed by atoms with Gasteiger partial charge in [0.25, 0.3) is 5.91 Å². The predicted molar refractivity (Wildman–Crippen MR) is 169 cm³/mol. The smallest absolute Gasteiger partial charge is 0.257 e. The summed E-state index contributed by atoms with van der Waals surface area (Å²) < 4.78 is 82.2. The van der Waals surface area contributed by atoms with Gasteiger partial charge in [0.15, 0.2) is 34.7 Å². The third-order valence-electron chi connectivity index (χ3n) is 8.29. The Balaban J connectivity index is 1.21. The highest BCUT2D eigenvalue weighted by Gasteiger charge is 2.38. The van der Waals surface area contributed by atoms with Crippen LogP contribution in [0, 0.1) is 35.0 Å². The Labute approximate surface area is 281 Å². The van der Waals surface area contributed by atoms with E-state index in [2.05, 4.69) is 27.4 Å². The van der Waals surface area contributed by atoms with Gasteiger partial charge in [-0.05, 0) is 27.8 Å². The summed E-state index contributed by atoms with van der Waals surface area (Å²) in [5.41, 5.74) is 2.81. The molecule has 0 bridgehead atoms. The quantitative estimate of drug-likeness (QED) is 0.0615. The van der Waals surface area contributed by atoms with Crippen LogP contribution in [0.2, 0.25) is 0 Å². The van der Waals surface area contributed by atoms with Crippen LogP contribution in [0.3, 0.4) is 0 Å². The maximum atomic E-state index is 14.2. The zero-order valence-electron chi connectivity index (χ0n) is 25.8. The molecule has 1 saturated heterocycles. The van der Waals surface area contributed by atoms with Crippen LogP contribution in [0.4, 0.5) is 22.0 Å². The largest absolute Gasteiger partial charge is 0.392 e. The first kappa shape index (κ1) is 34.2. The molecule has 2 heterocycles. The summed E-state index contributed by atoms with van der Waals surface area (Å²) in [6.07, 6.45) is 0.141. The van der Waals surface area contributed by atoms with E-state index in [1.165, 1.54) is 18.1 Å². The van der Waals surface area contributed by atoms with Gasteiger partial charge in [0.1, 0.15) is 11.9 Å². The zero-order valence-corrected chi connectivity index (χ0v) is 26.6. The van der Waals surface area contributed by atoms with E-state index in [-0.39, 0.29) is 31.3 Å². The average Bonchev–Trinajstić information content (AvgIpc) is 3.66. The molecular weight excluding hydrogens is 667 g/mol. The van der Waals surface area contributed by atoms with Crippen LogP contribution in [0.5, 0.6) is 0 Å². The number of aliphatic hydroxyl groups excluding tert-OH is 1. The lowest BCUT2D eigenvalue weighted by Crippen LogP contribution is -2.38. The van der Waals surface area contributed by atoms with Gasteiger partial charge in [-0.25, -0.2) is 26.9 Å². The third kappa shape index (κ3) is 7.22. The van der Waals surface area contributed by atoms with Crippen molar-refractivity contribution in [3.8, 4) is 11.1 Å². The van der Waals surface area contributed by atoms with Crippen LogP contribution in [0.15, 0.2) is 84.3 Å². The van der Waals surface area contributed by atoms with Gasteiger partial charge in [0, 0.05) is 23.8 Å². The van der Waals surface area contributed by atoms with Crippen LogP contribution in [-0.2, 0) is 22.6 Å². The van der Waals surface area contributed by atoms with Crippen LogP contribution in [-0.4, -0.2) is 38.1 Å². The summed E-state index contributed by atoms with van der Waals surface area (Å²) in [7, 11) is 0. The van der Waals surface area contributed by atoms with Gasteiger partial charge in [-0.2, -0.15) is 5.10 Å². The van der Waals surface area contributed by atoms with Crippen molar-refractivity contribution >= 4 is 17.7 Å². The predicted octanol–water partition coefficient (Wildman–Crippen LogP) is 7.17. The average molecular weight is 697 g/mol. The van der Waals surface area contributed by atoms with Gasteiger partial charge in [-0.1, -0.05) is 91.5 Å². The van der Waals surface area contributed by atoms with Gasteiger partial charge in [-0.15, -0.1) is 0 Å². The number of nitrogens with one attached hydrogen (secondary N) is 2. The highest BCUT2D eigenvalue weighted by molar-refractivity contribution is 7.99. The molecule has 1 amide bonds. The van der Waals surface area contributed by atoms with Crippen molar-refractivity contribution in [1.29, 1.82) is 0 Å². The highest BCUT2D eigenvalue weighted by atomic mass is 32.2. The van der Waals surface area contributed by atoms with Crippen LogP contribution >= 0.6 is 11.8 Å². The second-order valence-electron chi connectivity index (χ2n) is 11.3. The number of aliphatic hydroxyl groups is 1. The molecule has 1 fully saturated rings. The number of amides is 1. The number of benzene rings is 4. The van der Waals surface area contributed by atoms with E-state index in [4.69, 9.17) is 9.47 Å². The summed E-state index contributed by atoms with van der Waals surface area (Å²) in [4.78, 5) is 16.8. The summed E-state index contributed by atoms with van der Waals surface area (Å²) in [6.45, 7) is 1.72. The van der Waals surface area contributed by atoms with E-state index in [0.29, 0.717) is 22.0 Å². The van der Waals surface area contributed by atoms with E-state index < -0.39 is 46.8 Å². The number of carbonyl (C=O) groups is 1. The number of nitrogens with zero attached hydrogens (tertiary/aromatic N) is 2. The van der Waals surface area contributed by atoms with Crippen molar-refractivity contribution in [1.82, 2.24) is 20.5 Å². The van der Waals surface area contributed by atoms with Crippen molar-refractivity contribution in [2.24, 2.45) is 5.92 Å². The lowest BCUT2D eigenvalue weighted by Gasteiger charge is -2.41. The third-order valence-corrected chi connectivity index (χ3v) is 9.25. The maximum absolute atomic E-state index is 14.2. The first-order chi connectivity index (χ1) is 23.7. The van der Waals surface area contributed by atoms with E-state index >= 15 is 0 Å². The number of halogens is 5. The Morgan fingerprint density at radius 3 is 2.18 bits per heavy atom. The summed E-state index contributed by atoms with van der Waals surface area (Å²) in [6, 6.07) is 21.8. The number of hydrogen-bond acceptors (Lipinski definition) is 7. The zero-order chi connectivity index (χ0) is 34.7. The molecule has 0 radical (unpaired) electrons. The minimum atomic E-state index is -2.34. The molecule has 3 N–H and O–H groups in total. The van der Waals surface area contributed by atoms with E-state index in [1.807, 2.05) is 48.5 Å². The molecule has 8 nitrogen and oxygen atoms in total. The molecule has 14 heteroatoms. The first-order valence-corrected chi connectivity index (χ1v) is 16.1. The van der Waals surface area contributed by atoms with Crippen molar-refractivity contribution in [2.75, 3.05) is 5.75 Å². The molecule has 4 atom stereocenters. The van der Waals surface area contributed by atoms with Gasteiger partial charge in [0.2, 0.25) is 5.82 Å². The Morgan fingerprint density at radius 1 is 0.878 bits per heavy atom. The number of hydrogen-bond donors (Lipinski definition) is 3. The Kier molecular flexibility index (Phi) is 10.4. The van der Waals surface area contributed by atoms with Crippen LogP contribution < -0.4 is 5.32 Å². The molecule has 0 saturated carbocycles. The molecule has 0 unspecified atom stereocenters. The Bertz CT molecular complexity index is 1900. The van der Waals surface area contributed by atoms with Crippen molar-refractivity contribution < 1.29 is 41.3 Å². The SMILES string of the molecule is C[C@@H]1[C@H](CSc2ncn[nH]2)O[C@H](c2ccc(-c3ccccc3CNC(=O)c3c(F)c(F)c(F)c(F)c3F)cc2)O[C@@H]1c1ccc(CO)cc1. The van der Waals surface area contributed by atoms with Crippen LogP contribution in [0.25, 0.3) is 11.1 Å². The Morgan fingerprint density at radius 2 is 1.53 bits per heavy atom. The minimum absolute atomic E-state index is 0.0437. The molecule has 1 aromatic heterocycles.